The third-order valence-electron chi connectivity index (χ3n) is 4.77. The zero-order valence-electron chi connectivity index (χ0n) is 18.1. The molecule has 0 aliphatic carbocycles. The molecule has 0 saturated heterocycles. The second-order valence-corrected chi connectivity index (χ2v) is 9.33. The van der Waals surface area contributed by atoms with Gasteiger partial charge in [-0.05, 0) is 23.3 Å². The molecule has 8 heteroatoms. The lowest BCUT2D eigenvalue weighted by Gasteiger charge is -2.26. The predicted molar refractivity (Wildman–Crippen MR) is 121 cm³/mol. The number of ether oxygens (including phenoxy) is 1. The molecule has 0 atom stereocenters. The number of methoxy groups -OCH3 is 1. The monoisotopic (exact) mass is 432 g/mol. The minimum absolute atomic E-state index is 0.0509. The van der Waals surface area contributed by atoms with Gasteiger partial charge < -0.3 is 15.4 Å². The van der Waals surface area contributed by atoms with Gasteiger partial charge in [0, 0.05) is 39.2 Å². The van der Waals surface area contributed by atoms with Gasteiger partial charge in [-0.15, -0.1) is 0 Å². The van der Waals surface area contributed by atoms with Crippen LogP contribution in [-0.4, -0.2) is 48.2 Å². The van der Waals surface area contributed by atoms with Crippen LogP contribution in [0.15, 0.2) is 64.5 Å². The fraction of sp³-hybridized carbons (Fsp3) is 0.409. The average Bonchev–Trinajstić information content (AvgIpc) is 2.75. The second-order valence-electron chi connectivity index (χ2n) is 7.56. The Bertz CT molecular complexity index is 911. The highest BCUT2D eigenvalue weighted by Crippen LogP contribution is 2.21. The average molecular weight is 433 g/mol. The lowest BCUT2D eigenvalue weighted by molar-refractivity contribution is 0.204. The third kappa shape index (κ3) is 7.12. The standard InChI is InChI=1S/C22H32N4O3S/c1-22(2,19-8-6-5-7-9-19)17-25-21(23-3)24-16-18-10-12-20(13-11-18)30(27,28)26-14-15-29-4/h5-13,26H,14-17H2,1-4H3,(H2,23,24,25). The molecule has 0 heterocycles. The first-order chi connectivity index (χ1) is 14.3. The van der Waals surface area contributed by atoms with Crippen LogP contribution in [0.3, 0.4) is 0 Å². The van der Waals surface area contributed by atoms with E-state index in [0.717, 1.165) is 12.1 Å². The van der Waals surface area contributed by atoms with Crippen LogP contribution in [0.5, 0.6) is 0 Å². The zero-order chi connectivity index (χ0) is 22.0. The van der Waals surface area contributed by atoms with Crippen LogP contribution in [-0.2, 0) is 26.7 Å². The first kappa shape index (κ1) is 23.9. The van der Waals surface area contributed by atoms with Crippen molar-refractivity contribution in [2.24, 2.45) is 4.99 Å². The van der Waals surface area contributed by atoms with Crippen LogP contribution >= 0.6 is 0 Å². The smallest absolute Gasteiger partial charge is 0.240 e. The number of nitrogens with one attached hydrogen (secondary N) is 3. The first-order valence-electron chi connectivity index (χ1n) is 9.86. The van der Waals surface area contributed by atoms with Crippen molar-refractivity contribution < 1.29 is 13.2 Å². The molecule has 0 fully saturated rings. The van der Waals surface area contributed by atoms with E-state index in [9.17, 15) is 8.42 Å². The Hall–Kier alpha value is -2.42. The number of aliphatic imine (C=N–C) groups is 1. The molecule has 7 nitrogen and oxygen atoms in total. The maximum absolute atomic E-state index is 12.2. The number of sulfonamides is 1. The maximum atomic E-state index is 12.2. The van der Waals surface area contributed by atoms with Crippen molar-refractivity contribution in [3.8, 4) is 0 Å². The lowest BCUT2D eigenvalue weighted by atomic mass is 9.85. The van der Waals surface area contributed by atoms with E-state index in [2.05, 4.69) is 46.3 Å². The van der Waals surface area contributed by atoms with Gasteiger partial charge in [-0.1, -0.05) is 56.3 Å². The molecular formula is C22H32N4O3S. The molecule has 2 aromatic carbocycles. The molecule has 2 aromatic rings. The molecule has 0 radical (unpaired) electrons. The quantitative estimate of drug-likeness (QED) is 0.304. The number of rotatable bonds is 10. The summed E-state index contributed by atoms with van der Waals surface area (Å²) in [5.41, 5.74) is 2.16. The van der Waals surface area contributed by atoms with E-state index in [1.807, 2.05) is 18.2 Å². The van der Waals surface area contributed by atoms with E-state index in [1.54, 1.807) is 31.3 Å². The largest absolute Gasteiger partial charge is 0.383 e. The predicted octanol–water partition coefficient (Wildman–Crippen LogP) is 2.25. The summed E-state index contributed by atoms with van der Waals surface area (Å²) >= 11 is 0. The highest BCUT2D eigenvalue weighted by Gasteiger charge is 2.20. The number of nitrogens with zero attached hydrogens (tertiary/aromatic N) is 1. The number of hydrogen-bond donors (Lipinski definition) is 3. The van der Waals surface area contributed by atoms with Crippen LogP contribution in [0.4, 0.5) is 0 Å². The molecule has 0 aliphatic rings. The fourth-order valence-electron chi connectivity index (χ4n) is 2.85. The lowest BCUT2D eigenvalue weighted by Crippen LogP contribution is -2.43. The van der Waals surface area contributed by atoms with Crippen molar-refractivity contribution in [1.82, 2.24) is 15.4 Å². The highest BCUT2D eigenvalue weighted by atomic mass is 32.2. The SMILES string of the molecule is CN=C(NCc1ccc(S(=O)(=O)NCCOC)cc1)NCC(C)(C)c1ccccc1. The Morgan fingerprint density at radius 1 is 1.03 bits per heavy atom. The molecule has 0 aliphatic heterocycles. The van der Waals surface area contributed by atoms with Gasteiger partial charge in [0.1, 0.15) is 0 Å². The van der Waals surface area contributed by atoms with Crippen molar-refractivity contribution in [3.63, 3.8) is 0 Å². The Kier molecular flexibility index (Phi) is 8.83. The minimum Gasteiger partial charge on any atom is -0.383 e. The van der Waals surface area contributed by atoms with Gasteiger partial charge in [0.05, 0.1) is 11.5 Å². The summed E-state index contributed by atoms with van der Waals surface area (Å²) in [6.07, 6.45) is 0. The van der Waals surface area contributed by atoms with E-state index in [4.69, 9.17) is 4.74 Å². The van der Waals surface area contributed by atoms with E-state index >= 15 is 0 Å². The van der Waals surface area contributed by atoms with Crippen LogP contribution in [0.1, 0.15) is 25.0 Å². The first-order valence-corrected chi connectivity index (χ1v) is 11.3. The zero-order valence-corrected chi connectivity index (χ0v) is 18.9. The topological polar surface area (TPSA) is 91.8 Å². The van der Waals surface area contributed by atoms with Gasteiger partial charge in [-0.3, -0.25) is 4.99 Å². The van der Waals surface area contributed by atoms with Gasteiger partial charge in [-0.2, -0.15) is 0 Å². The molecule has 0 saturated carbocycles. The van der Waals surface area contributed by atoms with E-state index < -0.39 is 10.0 Å². The minimum atomic E-state index is -3.52. The van der Waals surface area contributed by atoms with Crippen LogP contribution in [0.2, 0.25) is 0 Å². The normalized spacial score (nSPS) is 12.6. The molecular weight excluding hydrogens is 400 g/mol. The van der Waals surface area contributed by atoms with E-state index in [1.165, 1.54) is 12.7 Å². The van der Waals surface area contributed by atoms with E-state index in [-0.39, 0.29) is 16.9 Å². The van der Waals surface area contributed by atoms with Gasteiger partial charge in [-0.25, -0.2) is 13.1 Å². The number of benzene rings is 2. The molecule has 0 spiro atoms. The van der Waals surface area contributed by atoms with Crippen LogP contribution in [0, 0.1) is 0 Å². The summed E-state index contributed by atoms with van der Waals surface area (Å²) in [6.45, 7) is 6.19. The van der Waals surface area contributed by atoms with E-state index in [0.29, 0.717) is 19.1 Å². The summed E-state index contributed by atoms with van der Waals surface area (Å²) in [5, 5.41) is 6.63. The summed E-state index contributed by atoms with van der Waals surface area (Å²) in [5.74, 6) is 0.692. The molecule has 0 aromatic heterocycles. The summed E-state index contributed by atoms with van der Waals surface area (Å²) in [4.78, 5) is 4.51. The highest BCUT2D eigenvalue weighted by molar-refractivity contribution is 7.89. The molecule has 2 rings (SSSR count). The van der Waals surface area contributed by atoms with Crippen molar-refractivity contribution in [3.05, 3.63) is 65.7 Å². The molecule has 30 heavy (non-hydrogen) atoms. The summed E-state index contributed by atoms with van der Waals surface area (Å²) in [7, 11) is -0.265. The Morgan fingerprint density at radius 2 is 1.70 bits per heavy atom. The molecule has 164 valence electrons. The van der Waals surface area contributed by atoms with Crippen molar-refractivity contribution in [2.45, 2.75) is 30.7 Å². The van der Waals surface area contributed by atoms with Gasteiger partial charge in [0.15, 0.2) is 5.96 Å². The molecule has 0 bridgehead atoms. The van der Waals surface area contributed by atoms with Gasteiger partial charge >= 0.3 is 0 Å². The number of guanidine groups is 1. The fourth-order valence-corrected chi connectivity index (χ4v) is 3.86. The second kappa shape index (κ2) is 11.1. The van der Waals surface area contributed by atoms with Crippen LogP contribution in [0.25, 0.3) is 0 Å². The van der Waals surface area contributed by atoms with Crippen molar-refractivity contribution >= 4 is 16.0 Å². The van der Waals surface area contributed by atoms with Crippen molar-refractivity contribution in [1.29, 1.82) is 0 Å². The Balaban J connectivity index is 1.89. The van der Waals surface area contributed by atoms with Crippen LogP contribution < -0.4 is 15.4 Å². The van der Waals surface area contributed by atoms with Gasteiger partial charge in [0.2, 0.25) is 10.0 Å². The maximum Gasteiger partial charge on any atom is 0.240 e. The Morgan fingerprint density at radius 3 is 2.30 bits per heavy atom. The molecule has 0 unspecified atom stereocenters. The summed E-state index contributed by atoms with van der Waals surface area (Å²) < 4.78 is 31.8. The third-order valence-corrected chi connectivity index (χ3v) is 6.25. The molecule has 3 N–H and O–H groups in total. The van der Waals surface area contributed by atoms with Crippen molar-refractivity contribution in [2.75, 3.05) is 33.9 Å². The number of hydrogen-bond acceptors (Lipinski definition) is 4. The Labute approximate surface area is 180 Å². The summed E-state index contributed by atoms with van der Waals surface area (Å²) in [6, 6.07) is 17.1. The van der Waals surface area contributed by atoms with Gasteiger partial charge in [0.25, 0.3) is 0 Å². The molecule has 0 amide bonds.